The molecule has 7 heteroatoms. The molecule has 2 aliphatic rings. The van der Waals surface area contributed by atoms with E-state index in [2.05, 4.69) is 29.2 Å². The molecule has 2 heterocycles. The lowest BCUT2D eigenvalue weighted by Crippen LogP contribution is -2.56. The van der Waals surface area contributed by atoms with E-state index in [1.54, 1.807) is 9.80 Å². The molecule has 0 radical (unpaired) electrons. The Bertz CT molecular complexity index is 360. The summed E-state index contributed by atoms with van der Waals surface area (Å²) in [6.45, 7) is 7.88. The fourth-order valence-electron chi connectivity index (χ4n) is 2.65. The monoisotopic (exact) mass is 297 g/mol. The SMILES string of the molecule is CN(C)CCN1CCN(C(=O)C(=O)N2CCNCC2)CC1. The second-order valence-corrected chi connectivity index (χ2v) is 5.98. The first-order valence-electron chi connectivity index (χ1n) is 7.74. The maximum absolute atomic E-state index is 12.3. The lowest BCUT2D eigenvalue weighted by atomic mass is 10.2. The Hall–Kier alpha value is -1.18. The normalized spacial score (nSPS) is 20.9. The van der Waals surface area contributed by atoms with Gasteiger partial charge in [-0.1, -0.05) is 0 Å². The lowest BCUT2D eigenvalue weighted by Gasteiger charge is -2.36. The highest BCUT2D eigenvalue weighted by Gasteiger charge is 2.29. The molecule has 0 aromatic carbocycles. The van der Waals surface area contributed by atoms with Crippen molar-refractivity contribution in [3.8, 4) is 0 Å². The molecule has 0 aliphatic carbocycles. The molecule has 2 amide bonds. The van der Waals surface area contributed by atoms with E-state index < -0.39 is 0 Å². The van der Waals surface area contributed by atoms with E-state index in [0.29, 0.717) is 26.2 Å². The van der Waals surface area contributed by atoms with Crippen molar-refractivity contribution in [1.29, 1.82) is 0 Å². The van der Waals surface area contributed by atoms with Gasteiger partial charge in [-0.3, -0.25) is 14.5 Å². The molecule has 7 nitrogen and oxygen atoms in total. The van der Waals surface area contributed by atoms with Crippen LogP contribution >= 0.6 is 0 Å². The van der Waals surface area contributed by atoms with Crippen molar-refractivity contribution in [2.24, 2.45) is 0 Å². The van der Waals surface area contributed by atoms with Crippen LogP contribution in [0.5, 0.6) is 0 Å². The second-order valence-electron chi connectivity index (χ2n) is 5.98. The molecule has 0 aromatic rings. The molecular formula is C14H27N5O2. The summed E-state index contributed by atoms with van der Waals surface area (Å²) in [5.74, 6) is -0.664. The Balaban J connectivity index is 1.75. The van der Waals surface area contributed by atoms with Gasteiger partial charge in [0.15, 0.2) is 0 Å². The van der Waals surface area contributed by atoms with Gasteiger partial charge in [0, 0.05) is 65.4 Å². The van der Waals surface area contributed by atoms with Crippen molar-refractivity contribution >= 4 is 11.8 Å². The minimum absolute atomic E-state index is 0.329. The fourth-order valence-corrected chi connectivity index (χ4v) is 2.65. The minimum atomic E-state index is -0.335. The highest BCUT2D eigenvalue weighted by molar-refractivity contribution is 6.34. The third kappa shape index (κ3) is 4.66. The summed E-state index contributed by atoms with van der Waals surface area (Å²) < 4.78 is 0. The third-order valence-corrected chi connectivity index (χ3v) is 4.11. The molecule has 0 atom stereocenters. The average Bonchev–Trinajstić information content (AvgIpc) is 2.53. The smallest absolute Gasteiger partial charge is 0.312 e. The molecule has 1 N–H and O–H groups in total. The first-order chi connectivity index (χ1) is 10.1. The van der Waals surface area contributed by atoms with E-state index in [1.165, 1.54) is 0 Å². The van der Waals surface area contributed by atoms with Gasteiger partial charge >= 0.3 is 11.8 Å². The van der Waals surface area contributed by atoms with E-state index in [1.807, 2.05) is 0 Å². The second kappa shape index (κ2) is 7.72. The van der Waals surface area contributed by atoms with Crippen molar-refractivity contribution in [2.45, 2.75) is 0 Å². The molecule has 2 fully saturated rings. The molecule has 2 aliphatic heterocycles. The summed E-state index contributed by atoms with van der Waals surface area (Å²) in [6.07, 6.45) is 0. The quantitative estimate of drug-likeness (QED) is 0.618. The number of nitrogens with zero attached hydrogens (tertiary/aromatic N) is 4. The first kappa shape index (κ1) is 16.2. The molecular weight excluding hydrogens is 270 g/mol. The number of amides is 2. The Morgan fingerprint density at radius 2 is 1.43 bits per heavy atom. The number of piperazine rings is 2. The van der Waals surface area contributed by atoms with Crippen LogP contribution in [0.1, 0.15) is 0 Å². The summed E-state index contributed by atoms with van der Waals surface area (Å²) in [5, 5.41) is 3.19. The summed E-state index contributed by atoms with van der Waals surface area (Å²) >= 11 is 0. The van der Waals surface area contributed by atoms with Gasteiger partial charge in [0.05, 0.1) is 0 Å². The van der Waals surface area contributed by atoms with E-state index in [-0.39, 0.29) is 11.8 Å². The Kier molecular flexibility index (Phi) is 5.96. The van der Waals surface area contributed by atoms with Gasteiger partial charge in [0.1, 0.15) is 0 Å². The van der Waals surface area contributed by atoms with Gasteiger partial charge < -0.3 is 20.0 Å². The van der Waals surface area contributed by atoms with Crippen molar-refractivity contribution in [1.82, 2.24) is 24.9 Å². The topological polar surface area (TPSA) is 59.1 Å². The van der Waals surface area contributed by atoms with Gasteiger partial charge in [-0.15, -0.1) is 0 Å². The maximum atomic E-state index is 12.3. The summed E-state index contributed by atoms with van der Waals surface area (Å²) in [4.78, 5) is 32.3. The molecule has 21 heavy (non-hydrogen) atoms. The van der Waals surface area contributed by atoms with Crippen molar-refractivity contribution in [3.63, 3.8) is 0 Å². The van der Waals surface area contributed by atoms with Gasteiger partial charge in [-0.2, -0.15) is 0 Å². The number of hydrogen-bond acceptors (Lipinski definition) is 5. The maximum Gasteiger partial charge on any atom is 0.312 e. The number of likely N-dealkylation sites (N-methyl/N-ethyl adjacent to an activating group) is 1. The molecule has 0 unspecified atom stereocenters. The molecule has 2 rings (SSSR count). The van der Waals surface area contributed by atoms with Crippen molar-refractivity contribution < 1.29 is 9.59 Å². The first-order valence-corrected chi connectivity index (χ1v) is 7.74. The predicted molar refractivity (Wildman–Crippen MR) is 81.0 cm³/mol. The van der Waals surface area contributed by atoms with Gasteiger partial charge in [0.2, 0.25) is 0 Å². The van der Waals surface area contributed by atoms with Crippen LogP contribution in [0.2, 0.25) is 0 Å². The van der Waals surface area contributed by atoms with Crippen LogP contribution in [0, 0.1) is 0 Å². The number of carbonyl (C=O) groups is 2. The third-order valence-electron chi connectivity index (χ3n) is 4.11. The van der Waals surface area contributed by atoms with E-state index in [4.69, 9.17) is 0 Å². The van der Waals surface area contributed by atoms with E-state index in [0.717, 1.165) is 39.3 Å². The van der Waals surface area contributed by atoms with Crippen molar-refractivity contribution in [2.75, 3.05) is 79.5 Å². The molecule has 0 spiro atoms. The van der Waals surface area contributed by atoms with E-state index in [9.17, 15) is 9.59 Å². The van der Waals surface area contributed by atoms with Crippen LogP contribution in [0.25, 0.3) is 0 Å². The van der Waals surface area contributed by atoms with Gasteiger partial charge in [0.25, 0.3) is 0 Å². The summed E-state index contributed by atoms with van der Waals surface area (Å²) in [7, 11) is 4.12. The highest BCUT2D eigenvalue weighted by Crippen LogP contribution is 2.05. The number of nitrogens with one attached hydrogen (secondary N) is 1. The molecule has 120 valence electrons. The standard InChI is InChI=1S/C14H27N5O2/c1-16(2)7-8-17-9-11-19(12-10-17)14(21)13(20)18-5-3-15-4-6-18/h15H,3-12H2,1-2H3. The minimum Gasteiger partial charge on any atom is -0.332 e. The van der Waals surface area contributed by atoms with Crippen LogP contribution < -0.4 is 5.32 Å². The highest BCUT2D eigenvalue weighted by atomic mass is 16.2. The van der Waals surface area contributed by atoms with Gasteiger partial charge in [-0.05, 0) is 14.1 Å². The Morgan fingerprint density at radius 1 is 0.905 bits per heavy atom. The van der Waals surface area contributed by atoms with E-state index >= 15 is 0 Å². The van der Waals surface area contributed by atoms with Gasteiger partial charge in [-0.25, -0.2) is 0 Å². The van der Waals surface area contributed by atoms with Crippen LogP contribution in [-0.4, -0.2) is 111 Å². The summed E-state index contributed by atoms with van der Waals surface area (Å²) in [5.41, 5.74) is 0. The number of hydrogen-bond donors (Lipinski definition) is 1. The molecule has 2 saturated heterocycles. The fraction of sp³-hybridized carbons (Fsp3) is 0.857. The van der Waals surface area contributed by atoms with Crippen LogP contribution in [-0.2, 0) is 9.59 Å². The lowest BCUT2D eigenvalue weighted by molar-refractivity contribution is -0.153. The summed E-state index contributed by atoms with van der Waals surface area (Å²) in [6, 6.07) is 0. The largest absolute Gasteiger partial charge is 0.332 e. The predicted octanol–water partition coefficient (Wildman–Crippen LogP) is -1.88. The number of rotatable bonds is 3. The van der Waals surface area contributed by atoms with Crippen LogP contribution in [0.15, 0.2) is 0 Å². The van der Waals surface area contributed by atoms with Crippen molar-refractivity contribution in [3.05, 3.63) is 0 Å². The Morgan fingerprint density at radius 3 is 1.95 bits per heavy atom. The molecule has 0 saturated carbocycles. The zero-order valence-corrected chi connectivity index (χ0v) is 13.2. The molecule has 0 aromatic heterocycles. The Labute approximate surface area is 126 Å². The molecule has 0 bridgehead atoms. The average molecular weight is 297 g/mol. The number of carbonyl (C=O) groups excluding carboxylic acids is 2. The van der Waals surface area contributed by atoms with Crippen LogP contribution in [0.3, 0.4) is 0 Å². The zero-order chi connectivity index (χ0) is 15.2. The zero-order valence-electron chi connectivity index (χ0n) is 13.2. The van der Waals surface area contributed by atoms with Crippen LogP contribution in [0.4, 0.5) is 0 Å².